The summed E-state index contributed by atoms with van der Waals surface area (Å²) in [6.07, 6.45) is 0.687. The van der Waals surface area contributed by atoms with Gasteiger partial charge in [-0.15, -0.1) is 0 Å². The molecule has 0 saturated carbocycles. The lowest BCUT2D eigenvalue weighted by molar-refractivity contribution is -0.150. The maximum absolute atomic E-state index is 11.5. The van der Waals surface area contributed by atoms with Gasteiger partial charge in [-0.1, -0.05) is 6.08 Å². The molecule has 0 bridgehead atoms. The summed E-state index contributed by atoms with van der Waals surface area (Å²) >= 11 is 0. The van der Waals surface area contributed by atoms with Gasteiger partial charge in [0.15, 0.2) is 6.23 Å². The largest absolute Gasteiger partial charge is 0.443 e. The zero-order valence-electron chi connectivity index (χ0n) is 10.3. The van der Waals surface area contributed by atoms with Crippen molar-refractivity contribution in [3.8, 4) is 0 Å². The van der Waals surface area contributed by atoms with E-state index in [-0.39, 0.29) is 19.3 Å². The van der Waals surface area contributed by atoms with Crippen LogP contribution in [0.1, 0.15) is 20.3 Å². The Morgan fingerprint density at radius 1 is 1.50 bits per heavy atom. The topological polar surface area (TPSA) is 70.0 Å². The molecule has 2 N–H and O–H groups in total. The van der Waals surface area contributed by atoms with Gasteiger partial charge in [0.25, 0.3) is 0 Å². The van der Waals surface area contributed by atoms with E-state index in [1.54, 1.807) is 24.8 Å². The van der Waals surface area contributed by atoms with Crippen molar-refractivity contribution in [2.45, 2.75) is 32.6 Å². The van der Waals surface area contributed by atoms with Crippen molar-refractivity contribution in [2.24, 2.45) is 0 Å². The van der Waals surface area contributed by atoms with Gasteiger partial charge in [0.05, 0.1) is 12.7 Å². The van der Waals surface area contributed by atoms with Crippen LogP contribution >= 0.6 is 0 Å². The minimum Gasteiger partial charge on any atom is -0.443 e. The fourth-order valence-corrected chi connectivity index (χ4v) is 0.824. The molecule has 0 aromatic rings. The molecule has 0 rings (SSSR count). The number of aliphatic hydroxyl groups is 2. The molecule has 0 aromatic heterocycles. The van der Waals surface area contributed by atoms with E-state index in [1.165, 1.54) is 0 Å². The molecule has 0 aliphatic heterocycles. The summed E-state index contributed by atoms with van der Waals surface area (Å²) in [5.74, 6) is -0.411. The van der Waals surface area contributed by atoms with Gasteiger partial charge in [-0.2, -0.15) is 0 Å². The van der Waals surface area contributed by atoms with Crippen LogP contribution in [-0.4, -0.2) is 54.1 Å². The molecule has 0 spiro atoms. The standard InChI is InChI=1S/C11H21NO4/c1-8(5-6-10(14)7-13)11(15)16-9(2)12(3)4/h5,9-10,13-14H,6-7H2,1-4H3. The van der Waals surface area contributed by atoms with Crippen molar-refractivity contribution in [3.63, 3.8) is 0 Å². The predicted molar refractivity (Wildman–Crippen MR) is 60.7 cm³/mol. The Kier molecular flexibility index (Phi) is 6.96. The molecule has 0 fully saturated rings. The molecule has 0 aromatic carbocycles. The van der Waals surface area contributed by atoms with E-state index in [4.69, 9.17) is 14.9 Å². The van der Waals surface area contributed by atoms with Crippen molar-refractivity contribution in [3.05, 3.63) is 11.6 Å². The SMILES string of the molecule is CC(=CCC(O)CO)C(=O)OC(C)N(C)C. The third kappa shape index (κ3) is 5.85. The Morgan fingerprint density at radius 3 is 2.50 bits per heavy atom. The third-order valence-corrected chi connectivity index (χ3v) is 2.23. The number of esters is 1. The van der Waals surface area contributed by atoms with E-state index >= 15 is 0 Å². The van der Waals surface area contributed by atoms with Gasteiger partial charge in [-0.25, -0.2) is 4.79 Å². The van der Waals surface area contributed by atoms with Crippen LogP contribution in [0.3, 0.4) is 0 Å². The molecule has 0 aliphatic rings. The minimum absolute atomic E-state index is 0.244. The Morgan fingerprint density at radius 2 is 2.06 bits per heavy atom. The number of carbonyl (C=O) groups excluding carboxylic acids is 1. The molecule has 2 unspecified atom stereocenters. The maximum atomic E-state index is 11.5. The molecule has 0 saturated heterocycles. The van der Waals surface area contributed by atoms with Crippen LogP contribution < -0.4 is 0 Å². The van der Waals surface area contributed by atoms with E-state index in [2.05, 4.69) is 0 Å². The second-order valence-electron chi connectivity index (χ2n) is 3.93. The van der Waals surface area contributed by atoms with Gasteiger partial charge in [0.2, 0.25) is 0 Å². The second kappa shape index (κ2) is 7.38. The average Bonchev–Trinajstić information content (AvgIpc) is 2.24. The van der Waals surface area contributed by atoms with Gasteiger partial charge in [-0.05, 0) is 34.4 Å². The van der Waals surface area contributed by atoms with E-state index in [0.717, 1.165) is 0 Å². The number of hydrogen-bond acceptors (Lipinski definition) is 5. The van der Waals surface area contributed by atoms with E-state index < -0.39 is 12.1 Å². The molecule has 0 aliphatic carbocycles. The van der Waals surface area contributed by atoms with Gasteiger partial charge < -0.3 is 14.9 Å². The summed E-state index contributed by atoms with van der Waals surface area (Å²) in [5, 5.41) is 17.7. The van der Waals surface area contributed by atoms with Gasteiger partial charge in [0.1, 0.15) is 0 Å². The molecule has 0 radical (unpaired) electrons. The predicted octanol–water partition coefficient (Wildman–Crippen LogP) is 0.127. The van der Waals surface area contributed by atoms with Crippen LogP contribution in [-0.2, 0) is 9.53 Å². The lowest BCUT2D eigenvalue weighted by Gasteiger charge is -2.20. The Balaban J connectivity index is 4.17. The number of nitrogens with zero attached hydrogens (tertiary/aromatic N) is 1. The van der Waals surface area contributed by atoms with Crippen LogP contribution in [0.5, 0.6) is 0 Å². The minimum atomic E-state index is -0.825. The van der Waals surface area contributed by atoms with Crippen LogP contribution in [0.15, 0.2) is 11.6 Å². The maximum Gasteiger partial charge on any atom is 0.334 e. The summed E-state index contributed by atoms with van der Waals surface area (Å²) in [7, 11) is 3.62. The molecule has 5 heteroatoms. The second-order valence-corrected chi connectivity index (χ2v) is 3.93. The molecule has 94 valence electrons. The third-order valence-electron chi connectivity index (χ3n) is 2.23. The number of aliphatic hydroxyl groups excluding tert-OH is 2. The Bertz CT molecular complexity index is 250. The van der Waals surface area contributed by atoms with Crippen LogP contribution in [0.4, 0.5) is 0 Å². The van der Waals surface area contributed by atoms with E-state index in [0.29, 0.717) is 5.57 Å². The monoisotopic (exact) mass is 231 g/mol. The first kappa shape index (κ1) is 15.1. The number of carbonyl (C=O) groups is 1. The fraction of sp³-hybridized carbons (Fsp3) is 0.727. The van der Waals surface area contributed by atoms with Crippen LogP contribution in [0.2, 0.25) is 0 Å². The van der Waals surface area contributed by atoms with Crippen molar-refractivity contribution in [1.82, 2.24) is 4.90 Å². The smallest absolute Gasteiger partial charge is 0.334 e. The molecule has 16 heavy (non-hydrogen) atoms. The highest BCUT2D eigenvalue weighted by molar-refractivity contribution is 5.87. The molecular formula is C11H21NO4. The summed E-state index contributed by atoms with van der Waals surface area (Å²) in [6, 6.07) is 0. The highest BCUT2D eigenvalue weighted by atomic mass is 16.6. The highest BCUT2D eigenvalue weighted by Gasteiger charge is 2.12. The lowest BCUT2D eigenvalue weighted by Crippen LogP contribution is -2.30. The van der Waals surface area contributed by atoms with Gasteiger partial charge >= 0.3 is 5.97 Å². The van der Waals surface area contributed by atoms with Gasteiger partial charge in [0, 0.05) is 5.57 Å². The quantitative estimate of drug-likeness (QED) is 0.386. The zero-order chi connectivity index (χ0) is 12.7. The molecule has 0 heterocycles. The van der Waals surface area contributed by atoms with Crippen molar-refractivity contribution < 1.29 is 19.7 Å². The normalized spacial score (nSPS) is 16.1. The van der Waals surface area contributed by atoms with E-state index in [1.807, 2.05) is 14.1 Å². The molecule has 2 atom stereocenters. The Labute approximate surface area is 96.3 Å². The zero-order valence-corrected chi connectivity index (χ0v) is 10.3. The summed E-state index contributed by atoms with van der Waals surface area (Å²) in [5.41, 5.74) is 0.432. The first-order valence-corrected chi connectivity index (χ1v) is 5.21. The van der Waals surface area contributed by atoms with Crippen molar-refractivity contribution in [1.29, 1.82) is 0 Å². The van der Waals surface area contributed by atoms with Crippen molar-refractivity contribution >= 4 is 5.97 Å². The number of rotatable bonds is 6. The highest BCUT2D eigenvalue weighted by Crippen LogP contribution is 2.04. The van der Waals surface area contributed by atoms with Gasteiger partial charge in [-0.3, -0.25) is 4.90 Å². The summed E-state index contributed by atoms with van der Waals surface area (Å²) in [6.45, 7) is 3.08. The number of hydrogen-bond donors (Lipinski definition) is 2. The van der Waals surface area contributed by atoms with E-state index in [9.17, 15) is 4.79 Å². The first-order valence-electron chi connectivity index (χ1n) is 5.21. The Hall–Kier alpha value is -0.910. The molecular weight excluding hydrogens is 210 g/mol. The molecule has 5 nitrogen and oxygen atoms in total. The fourth-order valence-electron chi connectivity index (χ4n) is 0.824. The van der Waals surface area contributed by atoms with Crippen LogP contribution in [0.25, 0.3) is 0 Å². The molecule has 0 amide bonds. The van der Waals surface area contributed by atoms with Crippen LogP contribution in [0, 0.1) is 0 Å². The number of ether oxygens (including phenoxy) is 1. The lowest BCUT2D eigenvalue weighted by atomic mass is 10.2. The first-order chi connectivity index (χ1) is 7.38. The summed E-state index contributed by atoms with van der Waals surface area (Å²) in [4.78, 5) is 13.3. The van der Waals surface area contributed by atoms with Crippen molar-refractivity contribution in [2.75, 3.05) is 20.7 Å². The summed E-state index contributed by atoms with van der Waals surface area (Å²) < 4.78 is 5.11. The average molecular weight is 231 g/mol.